The van der Waals surface area contributed by atoms with E-state index in [1.54, 1.807) is 19.1 Å². The lowest BCUT2D eigenvalue weighted by Gasteiger charge is -2.10. The number of carbonyl (C=O) groups excluding carboxylic acids is 1. The molecule has 0 radical (unpaired) electrons. The summed E-state index contributed by atoms with van der Waals surface area (Å²) in [7, 11) is 0. The molecule has 0 atom stereocenters. The Labute approximate surface area is 108 Å². The number of nitrogens with one attached hydrogen (secondary N) is 1. The number of hydrogen-bond acceptors (Lipinski definition) is 1. The highest BCUT2D eigenvalue weighted by Crippen LogP contribution is 2.21. The van der Waals surface area contributed by atoms with Crippen molar-refractivity contribution in [2.45, 2.75) is 40.0 Å². The number of anilines is 1. The van der Waals surface area contributed by atoms with Gasteiger partial charge in [-0.05, 0) is 37.0 Å². The second-order valence-electron chi connectivity index (χ2n) is 4.64. The number of hydrogen-bond donors (Lipinski definition) is 1. The van der Waals surface area contributed by atoms with Gasteiger partial charge in [0.05, 0.1) is 0 Å². The van der Waals surface area contributed by atoms with Crippen LogP contribution in [0.15, 0.2) is 29.8 Å². The molecule has 18 heavy (non-hydrogen) atoms. The van der Waals surface area contributed by atoms with E-state index in [1.165, 1.54) is 6.07 Å². The maximum atomic E-state index is 13.7. The third kappa shape index (κ3) is 3.69. The number of carbonyl (C=O) groups is 1. The van der Waals surface area contributed by atoms with Crippen molar-refractivity contribution in [1.82, 2.24) is 0 Å². The minimum absolute atomic E-state index is 0.136. The lowest BCUT2D eigenvalue weighted by molar-refractivity contribution is -0.112. The van der Waals surface area contributed by atoms with E-state index in [-0.39, 0.29) is 17.6 Å². The Hall–Kier alpha value is -1.64. The first-order valence-electron chi connectivity index (χ1n) is 6.23. The van der Waals surface area contributed by atoms with Gasteiger partial charge in [-0.25, -0.2) is 4.39 Å². The second-order valence-corrected chi connectivity index (χ2v) is 4.64. The molecule has 1 aromatic rings. The lowest BCUT2D eigenvalue weighted by atomic mass is 10.0. The Balaban J connectivity index is 2.84. The molecule has 98 valence electrons. The average molecular weight is 249 g/mol. The fourth-order valence-electron chi connectivity index (χ4n) is 1.70. The Morgan fingerprint density at radius 3 is 2.61 bits per heavy atom. The van der Waals surface area contributed by atoms with Crippen LogP contribution >= 0.6 is 0 Å². The molecule has 1 aromatic carbocycles. The van der Waals surface area contributed by atoms with Crippen molar-refractivity contribution < 1.29 is 9.18 Å². The van der Waals surface area contributed by atoms with Crippen LogP contribution in [0.25, 0.3) is 0 Å². The predicted molar refractivity (Wildman–Crippen MR) is 73.2 cm³/mol. The zero-order valence-corrected chi connectivity index (χ0v) is 11.4. The molecule has 0 fully saturated rings. The molecule has 0 aliphatic carbocycles. The zero-order valence-electron chi connectivity index (χ0n) is 11.4. The minimum atomic E-state index is -0.278. The standard InChI is InChI=1S/C15H20FNO/c1-5-6-11(4)15(18)17-12-7-8-13(10(2)3)14(16)9-12/h6-10H,5H2,1-4H3,(H,17,18). The summed E-state index contributed by atoms with van der Waals surface area (Å²) in [6.45, 7) is 7.58. The molecule has 0 saturated carbocycles. The molecule has 3 heteroatoms. The van der Waals surface area contributed by atoms with Crippen molar-refractivity contribution in [3.05, 3.63) is 41.2 Å². The summed E-state index contributed by atoms with van der Waals surface area (Å²) in [6, 6.07) is 4.82. The quantitative estimate of drug-likeness (QED) is 0.794. The van der Waals surface area contributed by atoms with E-state index < -0.39 is 0 Å². The van der Waals surface area contributed by atoms with E-state index in [2.05, 4.69) is 5.32 Å². The van der Waals surface area contributed by atoms with E-state index in [4.69, 9.17) is 0 Å². The van der Waals surface area contributed by atoms with E-state index in [9.17, 15) is 9.18 Å². The van der Waals surface area contributed by atoms with Crippen molar-refractivity contribution in [3.8, 4) is 0 Å². The van der Waals surface area contributed by atoms with Crippen molar-refractivity contribution >= 4 is 11.6 Å². The van der Waals surface area contributed by atoms with E-state index in [0.717, 1.165) is 6.42 Å². The summed E-state index contributed by atoms with van der Waals surface area (Å²) in [5.74, 6) is -0.329. The van der Waals surface area contributed by atoms with Crippen molar-refractivity contribution in [2.75, 3.05) is 5.32 Å². The van der Waals surface area contributed by atoms with Gasteiger partial charge in [0.15, 0.2) is 0 Å². The molecule has 0 spiro atoms. The van der Waals surface area contributed by atoms with Gasteiger partial charge in [0.1, 0.15) is 5.82 Å². The third-order valence-electron chi connectivity index (χ3n) is 2.75. The van der Waals surface area contributed by atoms with Crippen LogP contribution < -0.4 is 5.32 Å². The summed E-state index contributed by atoms with van der Waals surface area (Å²) in [4.78, 5) is 11.7. The van der Waals surface area contributed by atoms with E-state index >= 15 is 0 Å². The molecule has 0 aliphatic rings. The van der Waals surface area contributed by atoms with Crippen LogP contribution in [0.2, 0.25) is 0 Å². The van der Waals surface area contributed by atoms with Crippen molar-refractivity contribution in [2.24, 2.45) is 0 Å². The minimum Gasteiger partial charge on any atom is -0.322 e. The fraction of sp³-hybridized carbons (Fsp3) is 0.400. The van der Waals surface area contributed by atoms with Crippen LogP contribution in [-0.2, 0) is 4.79 Å². The van der Waals surface area contributed by atoms with Crippen molar-refractivity contribution in [1.29, 1.82) is 0 Å². The molecule has 1 amide bonds. The van der Waals surface area contributed by atoms with Crippen LogP contribution in [0.4, 0.5) is 10.1 Å². The molecule has 0 unspecified atom stereocenters. The highest BCUT2D eigenvalue weighted by atomic mass is 19.1. The van der Waals surface area contributed by atoms with Gasteiger partial charge in [-0.2, -0.15) is 0 Å². The smallest absolute Gasteiger partial charge is 0.250 e. The average Bonchev–Trinajstić information content (AvgIpc) is 2.28. The third-order valence-corrected chi connectivity index (χ3v) is 2.75. The number of allylic oxidation sites excluding steroid dienone is 1. The molecule has 1 N–H and O–H groups in total. The summed E-state index contributed by atoms with van der Waals surface area (Å²) >= 11 is 0. The van der Waals surface area contributed by atoms with Crippen LogP contribution in [-0.4, -0.2) is 5.91 Å². The maximum Gasteiger partial charge on any atom is 0.250 e. The molecule has 0 aliphatic heterocycles. The molecule has 0 saturated heterocycles. The van der Waals surface area contributed by atoms with Crippen molar-refractivity contribution in [3.63, 3.8) is 0 Å². The summed E-state index contributed by atoms with van der Waals surface area (Å²) in [5.41, 5.74) is 1.80. The Kier molecular flexibility index (Phi) is 5.08. The summed E-state index contributed by atoms with van der Waals surface area (Å²) in [5, 5.41) is 2.69. The number of benzene rings is 1. The lowest BCUT2D eigenvalue weighted by Crippen LogP contribution is -2.13. The summed E-state index contributed by atoms with van der Waals surface area (Å²) < 4.78 is 13.7. The molecular weight excluding hydrogens is 229 g/mol. The van der Waals surface area contributed by atoms with E-state index in [1.807, 2.05) is 26.8 Å². The first-order chi connectivity index (χ1) is 8.45. The number of halogens is 1. The predicted octanol–water partition coefficient (Wildman–Crippen LogP) is 4.24. The molecule has 0 heterocycles. The number of rotatable bonds is 4. The molecule has 2 nitrogen and oxygen atoms in total. The molecule has 1 rings (SSSR count). The maximum absolute atomic E-state index is 13.7. The Morgan fingerprint density at radius 2 is 2.11 bits per heavy atom. The molecular formula is C15H20FNO. The van der Waals surface area contributed by atoms with Gasteiger partial charge in [-0.1, -0.05) is 32.9 Å². The SMILES string of the molecule is CCC=C(C)C(=O)Nc1ccc(C(C)C)c(F)c1. The van der Waals surface area contributed by atoms with Gasteiger partial charge in [-0.3, -0.25) is 4.79 Å². The molecule has 0 aromatic heterocycles. The fourth-order valence-corrected chi connectivity index (χ4v) is 1.70. The van der Waals surface area contributed by atoms with Gasteiger partial charge in [0.2, 0.25) is 0 Å². The normalized spacial score (nSPS) is 11.8. The van der Waals surface area contributed by atoms with E-state index in [0.29, 0.717) is 16.8 Å². The Bertz CT molecular complexity index is 464. The highest BCUT2D eigenvalue weighted by molar-refractivity contribution is 6.03. The second kappa shape index (κ2) is 6.34. The Morgan fingerprint density at radius 1 is 1.44 bits per heavy atom. The topological polar surface area (TPSA) is 29.1 Å². The van der Waals surface area contributed by atoms with Crippen LogP contribution in [0, 0.1) is 5.82 Å². The van der Waals surface area contributed by atoms with Gasteiger partial charge >= 0.3 is 0 Å². The van der Waals surface area contributed by atoms with Crippen LogP contribution in [0.1, 0.15) is 45.6 Å². The zero-order chi connectivity index (χ0) is 13.7. The largest absolute Gasteiger partial charge is 0.322 e. The van der Waals surface area contributed by atoms with Crippen LogP contribution in [0.3, 0.4) is 0 Å². The van der Waals surface area contributed by atoms with Gasteiger partial charge in [-0.15, -0.1) is 0 Å². The summed E-state index contributed by atoms with van der Waals surface area (Å²) in [6.07, 6.45) is 2.65. The van der Waals surface area contributed by atoms with Crippen LogP contribution in [0.5, 0.6) is 0 Å². The number of amides is 1. The van der Waals surface area contributed by atoms with Gasteiger partial charge < -0.3 is 5.32 Å². The van der Waals surface area contributed by atoms with Gasteiger partial charge in [0.25, 0.3) is 5.91 Å². The van der Waals surface area contributed by atoms with Gasteiger partial charge in [0, 0.05) is 11.3 Å². The monoisotopic (exact) mass is 249 g/mol. The highest BCUT2D eigenvalue weighted by Gasteiger charge is 2.09. The first-order valence-corrected chi connectivity index (χ1v) is 6.23. The first kappa shape index (κ1) is 14.4. The molecule has 0 bridgehead atoms.